The zero-order valence-electron chi connectivity index (χ0n) is 14.1. The van der Waals surface area contributed by atoms with Gasteiger partial charge in [-0.05, 0) is 44.1 Å². The van der Waals surface area contributed by atoms with Gasteiger partial charge in [-0.1, -0.05) is 0 Å². The lowest BCUT2D eigenvalue weighted by Gasteiger charge is -2.37. The maximum atomic E-state index is 12.8. The predicted octanol–water partition coefficient (Wildman–Crippen LogP) is 3.29. The first kappa shape index (κ1) is 17.6. The summed E-state index contributed by atoms with van der Waals surface area (Å²) < 4.78 is 34.5. The molecule has 0 atom stereocenters. The first-order valence-corrected chi connectivity index (χ1v) is 10.7. The number of ketones is 1. The molecule has 1 saturated carbocycles. The highest BCUT2D eigenvalue weighted by Crippen LogP contribution is 2.54. The molecule has 2 aliphatic rings. The second-order valence-electron chi connectivity index (χ2n) is 6.70. The van der Waals surface area contributed by atoms with E-state index in [9.17, 15) is 13.2 Å². The number of methoxy groups -OCH3 is 1. The van der Waals surface area contributed by atoms with Crippen molar-refractivity contribution in [2.45, 2.75) is 45.1 Å². The average molecular weight is 370 g/mol. The summed E-state index contributed by atoms with van der Waals surface area (Å²) in [5.41, 5.74) is 0.739. The van der Waals surface area contributed by atoms with Gasteiger partial charge in [0.05, 0.1) is 17.9 Å². The van der Waals surface area contributed by atoms with Crippen LogP contribution in [0.15, 0.2) is 17.2 Å². The van der Waals surface area contributed by atoms with E-state index in [1.807, 2.05) is 18.4 Å². The van der Waals surface area contributed by atoms with Gasteiger partial charge < -0.3 is 8.92 Å². The molecule has 0 unspecified atom stereocenters. The number of aryl methyl sites for hydroxylation is 1. The van der Waals surface area contributed by atoms with E-state index >= 15 is 0 Å². The minimum absolute atomic E-state index is 0.0222. The Morgan fingerprint density at radius 2 is 1.96 bits per heavy atom. The Kier molecular flexibility index (Phi) is 4.61. The Hall–Kier alpha value is -1.18. The van der Waals surface area contributed by atoms with Crippen LogP contribution in [-0.4, -0.2) is 33.7 Å². The third-order valence-electron chi connectivity index (χ3n) is 5.07. The van der Waals surface area contributed by atoms with Crippen LogP contribution in [0.4, 0.5) is 0 Å². The van der Waals surface area contributed by atoms with Crippen LogP contribution in [0, 0.1) is 12.3 Å². The maximum absolute atomic E-state index is 12.8. The first-order chi connectivity index (χ1) is 11.3. The SMILES string of the molecule is COC1CCC2(CC1)CC(=O)C(c1ccsc1C)=C2OS(C)(=O)=O. The lowest BCUT2D eigenvalue weighted by molar-refractivity contribution is -0.115. The lowest BCUT2D eigenvalue weighted by atomic mass is 9.71. The Labute approximate surface area is 146 Å². The lowest BCUT2D eigenvalue weighted by Crippen LogP contribution is -2.32. The summed E-state index contributed by atoms with van der Waals surface area (Å²) in [5, 5.41) is 1.91. The number of allylic oxidation sites excluding steroid dienone is 2. The molecule has 1 aromatic heterocycles. The minimum atomic E-state index is -3.70. The van der Waals surface area contributed by atoms with Gasteiger partial charge in [0, 0.05) is 29.4 Å². The summed E-state index contributed by atoms with van der Waals surface area (Å²) in [6, 6.07) is 1.87. The quantitative estimate of drug-likeness (QED) is 0.761. The van der Waals surface area contributed by atoms with Crippen LogP contribution in [0.25, 0.3) is 5.57 Å². The van der Waals surface area contributed by atoms with E-state index in [-0.39, 0.29) is 11.9 Å². The standard InChI is InChI=1S/C17H22O5S2/c1-11-13(6-9-23-11)15-14(18)10-17(16(15)22-24(3,19)20)7-4-12(21-2)5-8-17/h6,9,12H,4-5,7-8,10H2,1-3H3. The van der Waals surface area contributed by atoms with E-state index in [0.717, 1.165) is 29.5 Å². The second-order valence-corrected chi connectivity index (χ2v) is 9.39. The number of hydrogen-bond acceptors (Lipinski definition) is 6. The van der Waals surface area contributed by atoms with E-state index in [1.54, 1.807) is 18.4 Å². The molecule has 0 bridgehead atoms. The molecule has 3 rings (SSSR count). The molecule has 0 radical (unpaired) electrons. The van der Waals surface area contributed by atoms with Gasteiger partial charge in [-0.3, -0.25) is 4.79 Å². The molecule has 1 fully saturated rings. The smallest absolute Gasteiger partial charge is 0.305 e. The number of carbonyl (C=O) groups is 1. The zero-order valence-corrected chi connectivity index (χ0v) is 15.8. The largest absolute Gasteiger partial charge is 0.386 e. The summed E-state index contributed by atoms with van der Waals surface area (Å²) in [4.78, 5) is 13.8. The van der Waals surface area contributed by atoms with E-state index in [2.05, 4.69) is 0 Å². The Bertz CT molecular complexity index is 780. The van der Waals surface area contributed by atoms with Crippen molar-refractivity contribution in [3.8, 4) is 0 Å². The van der Waals surface area contributed by atoms with Crippen molar-refractivity contribution in [3.05, 3.63) is 27.6 Å². The Morgan fingerprint density at radius 3 is 2.46 bits per heavy atom. The van der Waals surface area contributed by atoms with Gasteiger partial charge in [-0.25, -0.2) is 0 Å². The van der Waals surface area contributed by atoms with E-state index in [0.29, 0.717) is 30.6 Å². The molecule has 0 N–H and O–H groups in total. The second kappa shape index (κ2) is 6.28. The molecular weight excluding hydrogens is 348 g/mol. The fraction of sp³-hybridized carbons (Fsp3) is 0.588. The monoisotopic (exact) mass is 370 g/mol. The van der Waals surface area contributed by atoms with E-state index < -0.39 is 15.5 Å². The molecule has 1 spiro atoms. The predicted molar refractivity (Wildman–Crippen MR) is 93.2 cm³/mol. The first-order valence-electron chi connectivity index (χ1n) is 8.00. The molecule has 1 aromatic rings. The fourth-order valence-electron chi connectivity index (χ4n) is 3.85. The molecule has 2 aliphatic carbocycles. The van der Waals surface area contributed by atoms with Crippen LogP contribution < -0.4 is 0 Å². The molecule has 24 heavy (non-hydrogen) atoms. The third kappa shape index (κ3) is 3.17. The molecular formula is C17H22O5S2. The number of Topliss-reactive ketones (excluding diaryl/α,β-unsaturated/α-hetero) is 1. The van der Waals surface area contributed by atoms with Gasteiger partial charge in [-0.2, -0.15) is 8.42 Å². The van der Waals surface area contributed by atoms with Gasteiger partial charge in [0.25, 0.3) is 0 Å². The van der Waals surface area contributed by atoms with Crippen molar-refractivity contribution in [2.75, 3.05) is 13.4 Å². The molecule has 5 nitrogen and oxygen atoms in total. The average Bonchev–Trinajstić information content (AvgIpc) is 3.01. The number of hydrogen-bond donors (Lipinski definition) is 0. The molecule has 0 aliphatic heterocycles. The highest BCUT2D eigenvalue weighted by atomic mass is 32.2. The van der Waals surface area contributed by atoms with Gasteiger partial charge in [0.2, 0.25) is 0 Å². The van der Waals surface area contributed by atoms with Gasteiger partial charge in [-0.15, -0.1) is 11.3 Å². The molecule has 132 valence electrons. The zero-order chi connectivity index (χ0) is 17.5. The Morgan fingerprint density at radius 1 is 1.29 bits per heavy atom. The van der Waals surface area contributed by atoms with Crippen molar-refractivity contribution in [3.63, 3.8) is 0 Å². The summed E-state index contributed by atoms with van der Waals surface area (Å²) >= 11 is 1.54. The number of thiophene rings is 1. The number of ether oxygens (including phenoxy) is 1. The summed E-state index contributed by atoms with van der Waals surface area (Å²) in [5.74, 6) is 0.331. The molecule has 1 heterocycles. The van der Waals surface area contributed by atoms with Crippen molar-refractivity contribution < 1.29 is 22.1 Å². The maximum Gasteiger partial charge on any atom is 0.305 e. The molecule has 0 saturated heterocycles. The van der Waals surface area contributed by atoms with Crippen LogP contribution >= 0.6 is 11.3 Å². The van der Waals surface area contributed by atoms with Gasteiger partial charge in [0.15, 0.2) is 5.78 Å². The van der Waals surface area contributed by atoms with Gasteiger partial charge in [0.1, 0.15) is 5.76 Å². The summed E-state index contributed by atoms with van der Waals surface area (Å²) in [6.07, 6.45) is 4.53. The highest BCUT2D eigenvalue weighted by Gasteiger charge is 2.50. The van der Waals surface area contributed by atoms with Crippen molar-refractivity contribution >= 4 is 32.8 Å². The number of rotatable bonds is 4. The molecule has 0 amide bonds. The highest BCUT2D eigenvalue weighted by molar-refractivity contribution is 7.86. The summed E-state index contributed by atoms with van der Waals surface area (Å²) in [7, 11) is -2.01. The Balaban J connectivity index is 2.09. The topological polar surface area (TPSA) is 69.7 Å². The minimum Gasteiger partial charge on any atom is -0.386 e. The van der Waals surface area contributed by atoms with Crippen molar-refractivity contribution in [1.29, 1.82) is 0 Å². The van der Waals surface area contributed by atoms with Crippen molar-refractivity contribution in [2.24, 2.45) is 5.41 Å². The molecule has 0 aromatic carbocycles. The van der Waals surface area contributed by atoms with Crippen molar-refractivity contribution in [1.82, 2.24) is 0 Å². The number of carbonyl (C=O) groups excluding carboxylic acids is 1. The molecule has 7 heteroatoms. The van der Waals surface area contributed by atoms with Crippen LogP contribution in [0.3, 0.4) is 0 Å². The van der Waals surface area contributed by atoms with Crippen LogP contribution in [-0.2, 0) is 23.8 Å². The van der Waals surface area contributed by atoms with Crippen LogP contribution in [0.5, 0.6) is 0 Å². The van der Waals surface area contributed by atoms with E-state index in [4.69, 9.17) is 8.92 Å². The van der Waals surface area contributed by atoms with E-state index in [1.165, 1.54) is 0 Å². The normalized spacial score (nSPS) is 28.0. The van der Waals surface area contributed by atoms with Crippen LogP contribution in [0.2, 0.25) is 0 Å². The van der Waals surface area contributed by atoms with Crippen LogP contribution in [0.1, 0.15) is 42.5 Å². The fourth-order valence-corrected chi connectivity index (χ4v) is 5.12. The summed E-state index contributed by atoms with van der Waals surface area (Å²) in [6.45, 7) is 1.94. The van der Waals surface area contributed by atoms with Gasteiger partial charge >= 0.3 is 10.1 Å². The third-order valence-corrected chi connectivity index (χ3v) is 6.39.